The molecule has 1 aromatic carbocycles. The molecule has 0 saturated carbocycles. The number of aryl methyl sites for hydroxylation is 1. The Kier molecular flexibility index (Phi) is 2.54. The summed E-state index contributed by atoms with van der Waals surface area (Å²) in [4.78, 5) is 0. The fraction of sp³-hybridized carbons (Fsp3) is 0.400. The van der Waals surface area contributed by atoms with Crippen molar-refractivity contribution in [3.63, 3.8) is 0 Å². The Bertz CT molecular complexity index is 272. The molecule has 1 aliphatic heterocycles. The zero-order chi connectivity index (χ0) is 8.39. The van der Waals surface area contributed by atoms with Gasteiger partial charge in [0.15, 0.2) is 0 Å². The van der Waals surface area contributed by atoms with Gasteiger partial charge in [0.2, 0.25) is 0 Å². The zero-order valence-electron chi connectivity index (χ0n) is 6.96. The lowest BCUT2D eigenvalue weighted by molar-refractivity contribution is 0.777. The van der Waals surface area contributed by atoms with Gasteiger partial charge in [0.05, 0.1) is 22.9 Å². The first-order chi connectivity index (χ1) is 5.88. The summed E-state index contributed by atoms with van der Waals surface area (Å²) in [6.45, 7) is 1.19. The first-order valence-electron chi connectivity index (χ1n) is 4.39. The van der Waals surface area contributed by atoms with Crippen LogP contribution in [-0.4, -0.2) is 6.54 Å². The van der Waals surface area contributed by atoms with Gasteiger partial charge in [-0.15, -0.1) is 0 Å². The Labute approximate surface area is 87.3 Å². The maximum absolute atomic E-state index is 2.41. The second-order valence-electron chi connectivity index (χ2n) is 3.17. The van der Waals surface area contributed by atoms with Crippen molar-refractivity contribution in [1.82, 2.24) is 0 Å². The molecule has 0 amide bonds. The van der Waals surface area contributed by atoms with Gasteiger partial charge in [0, 0.05) is 12.2 Å². The van der Waals surface area contributed by atoms with Crippen molar-refractivity contribution in [3.8, 4) is 0 Å². The van der Waals surface area contributed by atoms with Crippen LogP contribution in [0.25, 0.3) is 0 Å². The summed E-state index contributed by atoms with van der Waals surface area (Å²) in [5.41, 5.74) is 2.92. The third-order valence-electron chi connectivity index (χ3n) is 2.30. The summed E-state index contributed by atoms with van der Waals surface area (Å²) in [7, 11) is 0. The van der Waals surface area contributed by atoms with Crippen LogP contribution in [0.5, 0.6) is 0 Å². The monoisotopic (exact) mass is 273 g/mol. The van der Waals surface area contributed by atoms with Gasteiger partial charge in [0.25, 0.3) is 0 Å². The average molecular weight is 273 g/mol. The van der Waals surface area contributed by atoms with E-state index in [1.807, 2.05) is 0 Å². The first-order valence-corrected chi connectivity index (χ1v) is 5.35. The largest absolute Gasteiger partial charge is 0.315 e. The number of hydrogen-bond donors (Lipinski definition) is 0. The molecule has 2 heteroatoms. The van der Waals surface area contributed by atoms with Crippen molar-refractivity contribution in [2.45, 2.75) is 19.3 Å². The highest BCUT2D eigenvalue weighted by Gasteiger charge is 2.11. The number of benzene rings is 1. The summed E-state index contributed by atoms with van der Waals surface area (Å²) in [6.07, 6.45) is 3.89. The van der Waals surface area contributed by atoms with Crippen LogP contribution in [0, 0.1) is 0 Å². The highest BCUT2D eigenvalue weighted by atomic mass is 127. The molecular weight excluding hydrogens is 261 g/mol. The summed E-state index contributed by atoms with van der Waals surface area (Å²) in [5, 5.41) is 0. The van der Waals surface area contributed by atoms with Crippen LogP contribution in [0.4, 0.5) is 5.69 Å². The maximum atomic E-state index is 2.41. The molecule has 1 heterocycles. The van der Waals surface area contributed by atoms with Gasteiger partial charge in [0.1, 0.15) is 0 Å². The molecule has 0 aromatic heterocycles. The minimum Gasteiger partial charge on any atom is -0.315 e. The van der Waals surface area contributed by atoms with Gasteiger partial charge in [-0.25, -0.2) is 0 Å². The lowest BCUT2D eigenvalue weighted by Gasteiger charge is -2.15. The molecule has 0 N–H and O–H groups in total. The van der Waals surface area contributed by atoms with Crippen LogP contribution in [0.1, 0.15) is 18.4 Å². The molecule has 0 bridgehead atoms. The highest BCUT2D eigenvalue weighted by Crippen LogP contribution is 2.28. The van der Waals surface area contributed by atoms with E-state index in [1.165, 1.54) is 37.1 Å². The van der Waals surface area contributed by atoms with E-state index in [1.54, 1.807) is 0 Å². The molecule has 0 radical (unpaired) electrons. The van der Waals surface area contributed by atoms with Gasteiger partial charge in [-0.05, 0) is 30.9 Å². The Balaban J connectivity index is 2.39. The molecule has 0 atom stereocenters. The molecule has 12 heavy (non-hydrogen) atoms. The molecular formula is C10H12IN. The number of hydrogen-bond acceptors (Lipinski definition) is 1. The third-order valence-corrected chi connectivity index (χ3v) is 3.31. The predicted molar refractivity (Wildman–Crippen MR) is 60.7 cm³/mol. The second kappa shape index (κ2) is 3.64. The predicted octanol–water partition coefficient (Wildman–Crippen LogP) is 3.18. The molecule has 0 fully saturated rings. The normalized spacial score (nSPS) is 16.9. The Morgan fingerprint density at radius 2 is 2.00 bits per heavy atom. The quantitative estimate of drug-likeness (QED) is 0.518. The maximum Gasteiger partial charge on any atom is 0.0591 e. The standard InChI is InChI=1S/C10H12IN/c11-12-8-4-3-6-9-5-1-2-7-10(9)12/h1-2,5,7H,3-4,6,8H2. The lowest BCUT2D eigenvalue weighted by Crippen LogP contribution is -2.09. The topological polar surface area (TPSA) is 3.24 Å². The van der Waals surface area contributed by atoms with E-state index in [2.05, 4.69) is 50.2 Å². The fourth-order valence-electron chi connectivity index (χ4n) is 1.65. The Hall–Kier alpha value is -0.250. The second-order valence-corrected chi connectivity index (χ2v) is 4.34. The van der Waals surface area contributed by atoms with Crippen LogP contribution in [0.2, 0.25) is 0 Å². The van der Waals surface area contributed by atoms with Gasteiger partial charge in [-0.1, -0.05) is 18.2 Å². The van der Waals surface area contributed by atoms with Crippen LogP contribution in [-0.2, 0) is 6.42 Å². The molecule has 0 unspecified atom stereocenters. The first kappa shape index (κ1) is 8.35. The van der Waals surface area contributed by atoms with Crippen molar-refractivity contribution in [1.29, 1.82) is 0 Å². The molecule has 64 valence electrons. The van der Waals surface area contributed by atoms with E-state index in [4.69, 9.17) is 0 Å². The lowest BCUT2D eigenvalue weighted by atomic mass is 10.1. The summed E-state index contributed by atoms with van der Waals surface area (Å²) in [6, 6.07) is 8.71. The van der Waals surface area contributed by atoms with Crippen molar-refractivity contribution in [3.05, 3.63) is 29.8 Å². The number of anilines is 1. The molecule has 2 rings (SSSR count). The van der Waals surface area contributed by atoms with Crippen LogP contribution in [0.15, 0.2) is 24.3 Å². The van der Waals surface area contributed by atoms with Gasteiger partial charge >= 0.3 is 0 Å². The highest BCUT2D eigenvalue weighted by molar-refractivity contribution is 14.1. The summed E-state index contributed by atoms with van der Waals surface area (Å²) < 4.78 is 2.33. The Morgan fingerprint density at radius 1 is 1.17 bits per heavy atom. The summed E-state index contributed by atoms with van der Waals surface area (Å²) in [5.74, 6) is 0. The number of para-hydroxylation sites is 1. The molecule has 0 saturated heterocycles. The minimum atomic E-state index is 1.19. The SMILES string of the molecule is IN1CCCCc2ccccc21. The van der Waals surface area contributed by atoms with Crippen molar-refractivity contribution in [2.24, 2.45) is 0 Å². The number of nitrogens with zero attached hydrogens (tertiary/aromatic N) is 1. The van der Waals surface area contributed by atoms with E-state index in [0.717, 1.165) is 0 Å². The van der Waals surface area contributed by atoms with E-state index in [-0.39, 0.29) is 0 Å². The molecule has 0 aliphatic carbocycles. The van der Waals surface area contributed by atoms with Gasteiger partial charge < -0.3 is 3.11 Å². The number of halogens is 1. The van der Waals surface area contributed by atoms with Gasteiger partial charge in [-0.2, -0.15) is 0 Å². The van der Waals surface area contributed by atoms with Gasteiger partial charge in [-0.3, -0.25) is 0 Å². The van der Waals surface area contributed by atoms with E-state index >= 15 is 0 Å². The molecule has 1 aliphatic rings. The minimum absolute atomic E-state index is 1.19. The van der Waals surface area contributed by atoms with E-state index < -0.39 is 0 Å². The van der Waals surface area contributed by atoms with Crippen molar-refractivity contribution >= 4 is 28.6 Å². The van der Waals surface area contributed by atoms with Crippen LogP contribution >= 0.6 is 22.9 Å². The Morgan fingerprint density at radius 3 is 2.92 bits per heavy atom. The van der Waals surface area contributed by atoms with Crippen LogP contribution in [0.3, 0.4) is 0 Å². The molecule has 0 spiro atoms. The van der Waals surface area contributed by atoms with E-state index in [0.29, 0.717) is 0 Å². The molecule has 1 aromatic rings. The fourth-order valence-corrected chi connectivity index (χ4v) is 2.46. The van der Waals surface area contributed by atoms with E-state index in [9.17, 15) is 0 Å². The van der Waals surface area contributed by atoms with Crippen LogP contribution < -0.4 is 3.11 Å². The molecule has 1 nitrogen and oxygen atoms in total. The number of rotatable bonds is 0. The zero-order valence-corrected chi connectivity index (χ0v) is 9.12. The van der Waals surface area contributed by atoms with Crippen molar-refractivity contribution < 1.29 is 0 Å². The number of fused-ring (bicyclic) bond motifs is 1. The van der Waals surface area contributed by atoms with Crippen molar-refractivity contribution in [2.75, 3.05) is 9.66 Å². The summed E-state index contributed by atoms with van der Waals surface area (Å²) >= 11 is 2.41. The average Bonchev–Trinajstić information content (AvgIpc) is 2.29. The smallest absolute Gasteiger partial charge is 0.0591 e. The third kappa shape index (κ3) is 1.58.